The van der Waals surface area contributed by atoms with Crippen LogP contribution < -0.4 is 9.47 Å². The second-order valence-corrected chi connectivity index (χ2v) is 10.4. The third-order valence-corrected chi connectivity index (χ3v) is 8.74. The van der Waals surface area contributed by atoms with Gasteiger partial charge in [-0.3, -0.25) is 4.79 Å². The monoisotopic (exact) mass is 435 g/mol. The molecule has 2 aliphatic carbocycles. The van der Waals surface area contributed by atoms with Gasteiger partial charge in [0.05, 0.1) is 12.5 Å². The summed E-state index contributed by atoms with van der Waals surface area (Å²) in [5, 5.41) is 0. The molecule has 1 spiro atoms. The molecule has 0 N–H and O–H groups in total. The van der Waals surface area contributed by atoms with E-state index < -0.39 is 17.7 Å². The first-order chi connectivity index (χ1) is 15.4. The predicted molar refractivity (Wildman–Crippen MR) is 120 cm³/mol. The molecule has 2 bridgehead atoms. The maximum Gasteiger partial charge on any atom is 0.232 e. The summed E-state index contributed by atoms with van der Waals surface area (Å²) in [5.41, 5.74) is 2.42. The highest BCUT2D eigenvalue weighted by molar-refractivity contribution is 5.88. The number of benzene rings is 2. The molecule has 6 rings (SSSR count). The van der Waals surface area contributed by atoms with Crippen molar-refractivity contribution in [1.82, 2.24) is 4.90 Å². The first kappa shape index (κ1) is 20.1. The fraction of sp³-hybridized carbons (Fsp3) is 0.519. The fourth-order valence-electron chi connectivity index (χ4n) is 7.22. The molecule has 168 valence electrons. The van der Waals surface area contributed by atoms with Gasteiger partial charge in [0, 0.05) is 23.6 Å². The Balaban J connectivity index is 1.44. The molecule has 4 aliphatic rings. The van der Waals surface area contributed by atoms with Crippen molar-refractivity contribution in [2.24, 2.45) is 5.92 Å². The molecule has 0 radical (unpaired) electrons. The van der Waals surface area contributed by atoms with Crippen LogP contribution >= 0.6 is 0 Å². The van der Waals surface area contributed by atoms with Gasteiger partial charge in [-0.2, -0.15) is 0 Å². The lowest BCUT2D eigenvalue weighted by Gasteiger charge is -2.59. The summed E-state index contributed by atoms with van der Waals surface area (Å²) in [6.45, 7) is 4.68. The standard InChI is InChI=1S/C27H30FNO3/c1-26(2,17-7-5-4-6-8-17)25(30)29-14-13-27-18-10-11-19(28)24(27)32-23-21(31-3)12-9-16(22(23)27)15-20(18)29/h4-9,12,18-20,24H,10-11,13-15H2,1-3H3/t18?,19?,20-,24+,27?/m0/s1. The number of carbonyl (C=O) groups excluding carboxylic acids is 1. The molecule has 4 nitrogen and oxygen atoms in total. The van der Waals surface area contributed by atoms with E-state index in [0.717, 1.165) is 30.6 Å². The van der Waals surface area contributed by atoms with E-state index in [1.54, 1.807) is 7.11 Å². The zero-order chi connectivity index (χ0) is 22.3. The lowest BCUT2D eigenvalue weighted by molar-refractivity contribution is -0.150. The molecule has 1 saturated heterocycles. The molecule has 2 fully saturated rings. The molecule has 2 aliphatic heterocycles. The predicted octanol–water partition coefficient (Wildman–Crippen LogP) is 4.58. The molecule has 5 atom stereocenters. The van der Waals surface area contributed by atoms with E-state index in [4.69, 9.17) is 9.47 Å². The average Bonchev–Trinajstić information content (AvgIpc) is 3.15. The molecular formula is C27H30FNO3. The van der Waals surface area contributed by atoms with Crippen LogP contribution in [-0.2, 0) is 22.0 Å². The minimum Gasteiger partial charge on any atom is -0.493 e. The highest BCUT2D eigenvalue weighted by Crippen LogP contribution is 2.64. The van der Waals surface area contributed by atoms with Crippen LogP contribution in [0.2, 0.25) is 0 Å². The normalized spacial score (nSPS) is 32.2. The van der Waals surface area contributed by atoms with E-state index >= 15 is 4.39 Å². The van der Waals surface area contributed by atoms with Crippen molar-refractivity contribution in [1.29, 1.82) is 0 Å². The first-order valence-electron chi connectivity index (χ1n) is 11.8. The molecule has 2 heterocycles. The Morgan fingerprint density at radius 2 is 1.97 bits per heavy atom. The maximum absolute atomic E-state index is 15.3. The number of rotatable bonds is 3. The number of piperidine rings is 1. The van der Waals surface area contributed by atoms with E-state index in [1.807, 2.05) is 50.2 Å². The number of amides is 1. The van der Waals surface area contributed by atoms with Crippen molar-refractivity contribution in [3.8, 4) is 11.5 Å². The van der Waals surface area contributed by atoms with Crippen LogP contribution in [0.5, 0.6) is 11.5 Å². The molecule has 2 aromatic carbocycles. The minimum atomic E-state index is -0.988. The summed E-state index contributed by atoms with van der Waals surface area (Å²) >= 11 is 0. The van der Waals surface area contributed by atoms with Crippen molar-refractivity contribution in [3.63, 3.8) is 0 Å². The van der Waals surface area contributed by atoms with Crippen LogP contribution in [0, 0.1) is 5.92 Å². The SMILES string of the molecule is COc1ccc2c3c1O[C@@H]1C(F)CCC4[C@H](C2)N(C(=O)C(C)(C)c2ccccc2)CCC341. The lowest BCUT2D eigenvalue weighted by atomic mass is 9.51. The molecule has 3 unspecified atom stereocenters. The highest BCUT2D eigenvalue weighted by atomic mass is 19.1. The molecular weight excluding hydrogens is 405 g/mol. The van der Waals surface area contributed by atoms with Gasteiger partial charge in [-0.05, 0) is 62.6 Å². The van der Waals surface area contributed by atoms with E-state index in [2.05, 4.69) is 11.0 Å². The van der Waals surface area contributed by atoms with E-state index in [0.29, 0.717) is 18.7 Å². The number of methoxy groups -OCH3 is 1. The van der Waals surface area contributed by atoms with Gasteiger partial charge >= 0.3 is 0 Å². The van der Waals surface area contributed by atoms with Crippen LogP contribution in [0.3, 0.4) is 0 Å². The van der Waals surface area contributed by atoms with Crippen molar-refractivity contribution in [2.45, 2.75) is 68.7 Å². The summed E-state index contributed by atoms with van der Waals surface area (Å²) in [4.78, 5) is 16.1. The van der Waals surface area contributed by atoms with Crippen molar-refractivity contribution < 1.29 is 18.7 Å². The number of hydrogen-bond donors (Lipinski definition) is 0. The van der Waals surface area contributed by atoms with Gasteiger partial charge in [0.15, 0.2) is 11.5 Å². The third-order valence-electron chi connectivity index (χ3n) is 8.74. The first-order valence-corrected chi connectivity index (χ1v) is 11.8. The number of hydrogen-bond acceptors (Lipinski definition) is 3. The quantitative estimate of drug-likeness (QED) is 0.709. The Bertz CT molecular complexity index is 1080. The minimum absolute atomic E-state index is 0.0738. The number of likely N-dealkylation sites (tertiary alicyclic amines) is 1. The van der Waals surface area contributed by atoms with Gasteiger partial charge in [0.2, 0.25) is 5.91 Å². The topological polar surface area (TPSA) is 38.8 Å². The van der Waals surface area contributed by atoms with Gasteiger partial charge in [0.25, 0.3) is 0 Å². The Morgan fingerprint density at radius 1 is 1.19 bits per heavy atom. The van der Waals surface area contributed by atoms with Crippen LogP contribution in [-0.4, -0.2) is 42.8 Å². The Morgan fingerprint density at radius 3 is 2.72 bits per heavy atom. The summed E-state index contributed by atoms with van der Waals surface area (Å²) in [5.74, 6) is 1.82. The summed E-state index contributed by atoms with van der Waals surface area (Å²) in [6, 6.07) is 14.1. The Hall–Kier alpha value is -2.56. The van der Waals surface area contributed by atoms with Crippen LogP contribution in [0.15, 0.2) is 42.5 Å². The average molecular weight is 436 g/mol. The van der Waals surface area contributed by atoms with Crippen molar-refractivity contribution >= 4 is 5.91 Å². The maximum atomic E-state index is 15.3. The summed E-state index contributed by atoms with van der Waals surface area (Å²) < 4.78 is 27.2. The van der Waals surface area contributed by atoms with Crippen molar-refractivity contribution in [2.75, 3.05) is 13.7 Å². The van der Waals surface area contributed by atoms with Gasteiger partial charge < -0.3 is 14.4 Å². The summed E-state index contributed by atoms with van der Waals surface area (Å²) in [6.07, 6.45) is 1.35. The van der Waals surface area contributed by atoms with E-state index in [9.17, 15) is 4.79 Å². The van der Waals surface area contributed by atoms with Gasteiger partial charge in [-0.1, -0.05) is 36.4 Å². The van der Waals surface area contributed by atoms with Crippen molar-refractivity contribution in [3.05, 3.63) is 59.2 Å². The number of alkyl halides is 1. The second-order valence-electron chi connectivity index (χ2n) is 10.4. The number of nitrogens with zero attached hydrogens (tertiary/aromatic N) is 1. The zero-order valence-electron chi connectivity index (χ0n) is 18.9. The Labute approximate surface area is 188 Å². The molecule has 32 heavy (non-hydrogen) atoms. The molecule has 0 aromatic heterocycles. The number of ether oxygens (including phenoxy) is 2. The molecule has 1 amide bonds. The number of carbonyl (C=O) groups is 1. The van der Waals surface area contributed by atoms with E-state index in [1.165, 1.54) is 11.1 Å². The lowest BCUT2D eigenvalue weighted by Crippen LogP contribution is -2.68. The van der Waals surface area contributed by atoms with Crippen LogP contribution in [0.4, 0.5) is 4.39 Å². The highest BCUT2D eigenvalue weighted by Gasteiger charge is 2.67. The molecule has 5 heteroatoms. The van der Waals surface area contributed by atoms with E-state index in [-0.39, 0.29) is 23.3 Å². The van der Waals surface area contributed by atoms with Crippen LogP contribution in [0.1, 0.15) is 49.8 Å². The molecule has 1 saturated carbocycles. The van der Waals surface area contributed by atoms with Gasteiger partial charge in [0.1, 0.15) is 12.3 Å². The largest absolute Gasteiger partial charge is 0.493 e. The molecule has 2 aromatic rings. The Kier molecular flexibility index (Phi) is 4.22. The van der Waals surface area contributed by atoms with Gasteiger partial charge in [-0.25, -0.2) is 4.39 Å². The second kappa shape index (κ2) is 6.72. The van der Waals surface area contributed by atoms with Gasteiger partial charge in [-0.15, -0.1) is 0 Å². The number of halogens is 1. The summed E-state index contributed by atoms with van der Waals surface area (Å²) in [7, 11) is 1.64. The smallest absolute Gasteiger partial charge is 0.232 e. The zero-order valence-corrected chi connectivity index (χ0v) is 18.9. The van der Waals surface area contributed by atoms with Crippen LogP contribution in [0.25, 0.3) is 0 Å². The third kappa shape index (κ3) is 2.40. The fourth-order valence-corrected chi connectivity index (χ4v) is 7.22.